The van der Waals surface area contributed by atoms with Crippen LogP contribution in [0, 0.1) is 0 Å². The summed E-state index contributed by atoms with van der Waals surface area (Å²) in [5.41, 5.74) is 6.25. The fourth-order valence-electron chi connectivity index (χ4n) is 2.00. The lowest BCUT2D eigenvalue weighted by Gasteiger charge is -2.16. The Morgan fingerprint density at radius 2 is 1.72 bits per heavy atom. The van der Waals surface area contributed by atoms with Crippen LogP contribution in [0.15, 0.2) is 30.3 Å². The molecule has 0 heterocycles. The van der Waals surface area contributed by atoms with Crippen molar-refractivity contribution < 1.29 is 29.4 Å². The molecule has 0 spiro atoms. The molecule has 0 aliphatic heterocycles. The second-order valence-corrected chi connectivity index (χ2v) is 5.40. The van der Waals surface area contributed by atoms with Crippen LogP contribution in [0.1, 0.15) is 18.4 Å². The van der Waals surface area contributed by atoms with Crippen LogP contribution in [-0.4, -0.2) is 52.6 Å². The van der Waals surface area contributed by atoms with Crippen LogP contribution in [0.25, 0.3) is 0 Å². The normalized spacial score (nSPS) is 12.7. The summed E-state index contributed by atoms with van der Waals surface area (Å²) in [5.74, 6) is -3.62. The van der Waals surface area contributed by atoms with Crippen molar-refractivity contribution >= 4 is 23.8 Å². The van der Waals surface area contributed by atoms with E-state index in [4.69, 9.17) is 10.8 Å². The van der Waals surface area contributed by atoms with Crippen molar-refractivity contribution in [2.45, 2.75) is 31.3 Å². The minimum absolute atomic E-state index is 0.0610. The van der Waals surface area contributed by atoms with Crippen molar-refractivity contribution in [1.82, 2.24) is 10.6 Å². The molecule has 0 aromatic heterocycles. The first kappa shape index (κ1) is 20.1. The number of aliphatic carboxylic acids is 2. The number of nitrogens with one attached hydrogen (secondary N) is 2. The van der Waals surface area contributed by atoms with Crippen LogP contribution in [0.5, 0.6) is 0 Å². The molecule has 2 atom stereocenters. The summed E-state index contributed by atoms with van der Waals surface area (Å²) in [6, 6.07) is 6.61. The SMILES string of the molecule is NC(CCC(=O)O)C(=O)NCC(=O)NC(Cc1ccccc1)C(=O)O. The molecule has 0 fully saturated rings. The molecule has 6 N–H and O–H groups in total. The van der Waals surface area contributed by atoms with Gasteiger partial charge >= 0.3 is 11.9 Å². The van der Waals surface area contributed by atoms with Gasteiger partial charge in [-0.1, -0.05) is 30.3 Å². The van der Waals surface area contributed by atoms with E-state index < -0.39 is 42.4 Å². The Morgan fingerprint density at radius 1 is 1.08 bits per heavy atom. The highest BCUT2D eigenvalue weighted by Gasteiger charge is 2.21. The third-order valence-electron chi connectivity index (χ3n) is 3.35. The summed E-state index contributed by atoms with van der Waals surface area (Å²) in [6.07, 6.45) is -0.221. The predicted octanol–water partition coefficient (Wildman–Crippen LogP) is -0.893. The average Bonchev–Trinajstić information content (AvgIpc) is 2.57. The fourth-order valence-corrected chi connectivity index (χ4v) is 2.00. The van der Waals surface area contributed by atoms with Crippen molar-refractivity contribution in [3.63, 3.8) is 0 Å². The van der Waals surface area contributed by atoms with Crippen molar-refractivity contribution in [2.75, 3.05) is 6.54 Å². The summed E-state index contributed by atoms with van der Waals surface area (Å²) in [7, 11) is 0. The predicted molar refractivity (Wildman–Crippen MR) is 87.6 cm³/mol. The Labute approximate surface area is 144 Å². The Hall–Kier alpha value is -2.94. The van der Waals surface area contributed by atoms with E-state index in [1.165, 1.54) is 0 Å². The number of hydrogen-bond acceptors (Lipinski definition) is 5. The van der Waals surface area contributed by atoms with Crippen LogP contribution < -0.4 is 16.4 Å². The van der Waals surface area contributed by atoms with Gasteiger partial charge in [-0.15, -0.1) is 0 Å². The molecule has 1 rings (SSSR count). The summed E-state index contributed by atoms with van der Waals surface area (Å²) >= 11 is 0. The molecule has 0 aliphatic rings. The van der Waals surface area contributed by atoms with Gasteiger partial charge in [0.15, 0.2) is 0 Å². The Kier molecular flexibility index (Phi) is 8.07. The van der Waals surface area contributed by atoms with Gasteiger partial charge in [-0.3, -0.25) is 14.4 Å². The van der Waals surface area contributed by atoms with E-state index in [0.717, 1.165) is 5.56 Å². The number of nitrogens with two attached hydrogens (primary N) is 1. The lowest BCUT2D eigenvalue weighted by atomic mass is 10.1. The van der Waals surface area contributed by atoms with E-state index in [9.17, 15) is 24.3 Å². The third-order valence-corrected chi connectivity index (χ3v) is 3.35. The van der Waals surface area contributed by atoms with Crippen LogP contribution in [-0.2, 0) is 25.6 Å². The second-order valence-electron chi connectivity index (χ2n) is 5.40. The first-order valence-corrected chi connectivity index (χ1v) is 7.60. The molecule has 9 heteroatoms. The highest BCUT2D eigenvalue weighted by Crippen LogP contribution is 2.03. The van der Waals surface area contributed by atoms with Gasteiger partial charge in [-0.2, -0.15) is 0 Å². The number of carboxylic acid groups (broad SMARTS) is 2. The molecule has 1 aromatic carbocycles. The van der Waals surface area contributed by atoms with Crippen molar-refractivity contribution in [3.05, 3.63) is 35.9 Å². The Morgan fingerprint density at radius 3 is 2.28 bits per heavy atom. The lowest BCUT2D eigenvalue weighted by molar-refractivity contribution is -0.141. The molecular weight excluding hydrogens is 330 g/mol. The topological polar surface area (TPSA) is 159 Å². The minimum atomic E-state index is -1.19. The quantitative estimate of drug-likeness (QED) is 0.365. The molecule has 0 saturated heterocycles. The lowest BCUT2D eigenvalue weighted by Crippen LogP contribution is -2.49. The van der Waals surface area contributed by atoms with E-state index in [0.29, 0.717) is 0 Å². The zero-order valence-corrected chi connectivity index (χ0v) is 13.5. The van der Waals surface area contributed by atoms with Crippen molar-refractivity contribution in [3.8, 4) is 0 Å². The molecule has 9 nitrogen and oxygen atoms in total. The number of rotatable bonds is 10. The van der Waals surface area contributed by atoms with Gasteiger partial charge in [0.1, 0.15) is 6.04 Å². The fraction of sp³-hybridized carbons (Fsp3) is 0.375. The molecule has 136 valence electrons. The van der Waals surface area contributed by atoms with E-state index in [1.807, 2.05) is 0 Å². The smallest absolute Gasteiger partial charge is 0.326 e. The van der Waals surface area contributed by atoms with Gasteiger partial charge in [0.2, 0.25) is 11.8 Å². The molecule has 2 amide bonds. The standard InChI is InChI=1S/C16H21N3O6/c17-11(6-7-14(21)22)15(23)18-9-13(20)19-12(16(24)25)8-10-4-2-1-3-5-10/h1-5,11-12H,6-9,17H2,(H,18,23)(H,19,20)(H,21,22)(H,24,25). The average molecular weight is 351 g/mol. The monoisotopic (exact) mass is 351 g/mol. The van der Waals surface area contributed by atoms with Gasteiger partial charge < -0.3 is 26.6 Å². The summed E-state index contributed by atoms with van der Waals surface area (Å²) in [6.45, 7) is -0.446. The van der Waals surface area contributed by atoms with Crippen molar-refractivity contribution in [1.29, 1.82) is 0 Å². The zero-order valence-electron chi connectivity index (χ0n) is 13.5. The third kappa shape index (κ3) is 7.93. The number of hydrogen-bond donors (Lipinski definition) is 5. The first-order valence-electron chi connectivity index (χ1n) is 7.60. The number of carboxylic acids is 2. The molecule has 0 saturated carbocycles. The number of carbonyl (C=O) groups is 4. The largest absolute Gasteiger partial charge is 0.481 e. The maximum atomic E-state index is 11.8. The number of carbonyl (C=O) groups excluding carboxylic acids is 2. The second kappa shape index (κ2) is 10.0. The van der Waals surface area contributed by atoms with E-state index in [1.54, 1.807) is 30.3 Å². The first-order chi connectivity index (χ1) is 11.8. The molecule has 1 aromatic rings. The molecule has 0 bridgehead atoms. The van der Waals surface area contributed by atoms with Crippen LogP contribution in [0.4, 0.5) is 0 Å². The molecular formula is C16H21N3O6. The molecule has 0 radical (unpaired) electrons. The summed E-state index contributed by atoms with van der Waals surface area (Å²) in [4.78, 5) is 45.1. The van der Waals surface area contributed by atoms with Gasteiger partial charge in [0, 0.05) is 12.8 Å². The van der Waals surface area contributed by atoms with Crippen molar-refractivity contribution in [2.24, 2.45) is 5.73 Å². The zero-order chi connectivity index (χ0) is 18.8. The highest BCUT2D eigenvalue weighted by atomic mass is 16.4. The maximum absolute atomic E-state index is 11.8. The van der Waals surface area contributed by atoms with Gasteiger partial charge in [-0.25, -0.2) is 4.79 Å². The number of benzene rings is 1. The summed E-state index contributed by atoms with van der Waals surface area (Å²) < 4.78 is 0. The van der Waals surface area contributed by atoms with Crippen LogP contribution in [0.2, 0.25) is 0 Å². The highest BCUT2D eigenvalue weighted by molar-refractivity contribution is 5.89. The van der Waals surface area contributed by atoms with Gasteiger partial charge in [0.05, 0.1) is 12.6 Å². The van der Waals surface area contributed by atoms with Gasteiger partial charge in [-0.05, 0) is 12.0 Å². The Balaban J connectivity index is 2.46. The Bertz CT molecular complexity index is 620. The van der Waals surface area contributed by atoms with Crippen LogP contribution >= 0.6 is 0 Å². The minimum Gasteiger partial charge on any atom is -0.481 e. The summed E-state index contributed by atoms with van der Waals surface area (Å²) in [5, 5.41) is 22.3. The van der Waals surface area contributed by atoms with Crippen LogP contribution in [0.3, 0.4) is 0 Å². The van der Waals surface area contributed by atoms with E-state index >= 15 is 0 Å². The maximum Gasteiger partial charge on any atom is 0.326 e. The molecule has 2 unspecified atom stereocenters. The van der Waals surface area contributed by atoms with E-state index in [2.05, 4.69) is 10.6 Å². The van der Waals surface area contributed by atoms with Gasteiger partial charge in [0.25, 0.3) is 0 Å². The molecule has 0 aliphatic carbocycles. The van der Waals surface area contributed by atoms with E-state index in [-0.39, 0.29) is 19.3 Å². The molecule has 25 heavy (non-hydrogen) atoms. The number of amides is 2.